The third kappa shape index (κ3) is 4.14. The number of piperazine rings is 1. The standard InChI is InChI=1S/C24H30ClN3O3S/c1-17(2)23(29)28-16-24(3,4)21-15-20(8-9-22(21)28)32(30,31)27-12-10-26(11-13-27)19-7-5-6-18(25)14-19/h5-9,14-15,17H,10-13,16H2,1-4H3. The Labute approximate surface area is 195 Å². The van der Waals surface area contributed by atoms with Gasteiger partial charge in [0.05, 0.1) is 4.90 Å². The minimum Gasteiger partial charge on any atom is -0.369 e. The van der Waals surface area contributed by atoms with Gasteiger partial charge in [0.15, 0.2) is 0 Å². The molecule has 2 aliphatic heterocycles. The van der Waals surface area contributed by atoms with Crippen LogP contribution in [0.4, 0.5) is 11.4 Å². The number of benzene rings is 2. The SMILES string of the molecule is CC(C)C(=O)N1CC(C)(C)c2cc(S(=O)(=O)N3CCN(c4cccc(Cl)c4)CC3)ccc21. The topological polar surface area (TPSA) is 60.9 Å². The Balaban J connectivity index is 1.56. The summed E-state index contributed by atoms with van der Waals surface area (Å²) in [5.74, 6) is -0.0551. The highest BCUT2D eigenvalue weighted by Gasteiger charge is 2.40. The summed E-state index contributed by atoms with van der Waals surface area (Å²) in [5, 5.41) is 0.670. The number of carbonyl (C=O) groups excluding carboxylic acids is 1. The highest BCUT2D eigenvalue weighted by atomic mass is 35.5. The molecule has 32 heavy (non-hydrogen) atoms. The van der Waals surface area contributed by atoms with Gasteiger partial charge in [-0.05, 0) is 42.0 Å². The number of amides is 1. The molecule has 8 heteroatoms. The summed E-state index contributed by atoms with van der Waals surface area (Å²) in [6.45, 7) is 10.5. The lowest BCUT2D eigenvalue weighted by Crippen LogP contribution is -2.48. The lowest BCUT2D eigenvalue weighted by atomic mass is 9.87. The first-order valence-corrected chi connectivity index (χ1v) is 12.8. The highest BCUT2D eigenvalue weighted by Crippen LogP contribution is 2.42. The van der Waals surface area contributed by atoms with Gasteiger partial charge in [-0.15, -0.1) is 0 Å². The Kier molecular flexibility index (Phi) is 6.03. The molecule has 172 valence electrons. The number of hydrogen-bond donors (Lipinski definition) is 0. The Bertz CT molecular complexity index is 1140. The zero-order valence-corrected chi connectivity index (χ0v) is 20.6. The molecule has 0 bridgehead atoms. The maximum atomic E-state index is 13.4. The summed E-state index contributed by atoms with van der Waals surface area (Å²) in [4.78, 5) is 16.9. The van der Waals surface area contributed by atoms with E-state index in [9.17, 15) is 13.2 Å². The fourth-order valence-electron chi connectivity index (χ4n) is 4.54. The number of hydrogen-bond acceptors (Lipinski definition) is 4. The van der Waals surface area contributed by atoms with E-state index < -0.39 is 10.0 Å². The van der Waals surface area contributed by atoms with Crippen LogP contribution in [-0.4, -0.2) is 51.4 Å². The molecule has 2 aliphatic rings. The molecule has 2 aromatic carbocycles. The fourth-order valence-corrected chi connectivity index (χ4v) is 6.17. The predicted molar refractivity (Wildman–Crippen MR) is 129 cm³/mol. The second kappa shape index (κ2) is 8.36. The normalized spacial score (nSPS) is 18.8. The summed E-state index contributed by atoms with van der Waals surface area (Å²) in [6, 6.07) is 12.8. The molecule has 1 saturated heterocycles. The van der Waals surface area contributed by atoms with Crippen molar-refractivity contribution in [2.45, 2.75) is 38.0 Å². The van der Waals surface area contributed by atoms with Crippen molar-refractivity contribution in [3.63, 3.8) is 0 Å². The van der Waals surface area contributed by atoms with E-state index in [1.54, 1.807) is 27.4 Å². The molecule has 2 aromatic rings. The van der Waals surface area contributed by atoms with E-state index in [0.29, 0.717) is 42.6 Å². The van der Waals surface area contributed by atoms with Crippen molar-refractivity contribution in [3.8, 4) is 0 Å². The maximum absolute atomic E-state index is 13.4. The number of nitrogens with zero attached hydrogens (tertiary/aromatic N) is 3. The van der Waals surface area contributed by atoms with Gasteiger partial charge in [0, 0.05) is 60.5 Å². The van der Waals surface area contributed by atoms with E-state index in [1.165, 1.54) is 0 Å². The Hall–Kier alpha value is -2.09. The number of sulfonamides is 1. The van der Waals surface area contributed by atoms with Crippen LogP contribution in [0.1, 0.15) is 33.3 Å². The fraction of sp³-hybridized carbons (Fsp3) is 0.458. The van der Waals surface area contributed by atoms with Crippen LogP contribution in [0, 0.1) is 5.92 Å². The van der Waals surface area contributed by atoms with E-state index in [2.05, 4.69) is 18.7 Å². The number of anilines is 2. The summed E-state index contributed by atoms with van der Waals surface area (Å²) in [5.41, 5.74) is 2.42. The van der Waals surface area contributed by atoms with Crippen molar-refractivity contribution in [1.29, 1.82) is 0 Å². The van der Waals surface area contributed by atoms with Crippen LogP contribution >= 0.6 is 11.6 Å². The lowest BCUT2D eigenvalue weighted by molar-refractivity contribution is -0.121. The van der Waals surface area contributed by atoms with Crippen LogP contribution in [-0.2, 0) is 20.2 Å². The molecule has 0 aliphatic carbocycles. The maximum Gasteiger partial charge on any atom is 0.243 e. The van der Waals surface area contributed by atoms with E-state index in [1.807, 2.05) is 38.1 Å². The predicted octanol–water partition coefficient (Wildman–Crippen LogP) is 4.13. The molecular weight excluding hydrogens is 446 g/mol. The van der Waals surface area contributed by atoms with Gasteiger partial charge in [0.1, 0.15) is 0 Å². The second-order valence-corrected chi connectivity index (χ2v) is 11.9. The van der Waals surface area contributed by atoms with Crippen molar-refractivity contribution in [3.05, 3.63) is 53.1 Å². The summed E-state index contributed by atoms with van der Waals surface area (Å²) in [6.07, 6.45) is 0. The second-order valence-electron chi connectivity index (χ2n) is 9.51. The Morgan fingerprint density at radius 1 is 1.03 bits per heavy atom. The van der Waals surface area contributed by atoms with Gasteiger partial charge in [-0.25, -0.2) is 8.42 Å². The van der Waals surface area contributed by atoms with Crippen LogP contribution in [0.2, 0.25) is 5.02 Å². The smallest absolute Gasteiger partial charge is 0.243 e. The zero-order valence-electron chi connectivity index (χ0n) is 19.0. The van der Waals surface area contributed by atoms with Gasteiger partial charge in [0.2, 0.25) is 15.9 Å². The quantitative estimate of drug-likeness (QED) is 0.667. The molecular formula is C24H30ClN3O3S. The van der Waals surface area contributed by atoms with Crippen LogP contribution in [0.15, 0.2) is 47.4 Å². The molecule has 1 amide bonds. The van der Waals surface area contributed by atoms with Crippen molar-refractivity contribution < 1.29 is 13.2 Å². The van der Waals surface area contributed by atoms with Gasteiger partial charge >= 0.3 is 0 Å². The largest absolute Gasteiger partial charge is 0.369 e. The summed E-state index contributed by atoms with van der Waals surface area (Å²) >= 11 is 6.10. The third-order valence-corrected chi connectivity index (χ3v) is 8.48. The monoisotopic (exact) mass is 475 g/mol. The van der Waals surface area contributed by atoms with Gasteiger partial charge in [-0.3, -0.25) is 4.79 Å². The number of carbonyl (C=O) groups is 1. The minimum atomic E-state index is -3.62. The number of halogens is 1. The van der Waals surface area contributed by atoms with Gasteiger partial charge in [-0.1, -0.05) is 45.4 Å². The van der Waals surface area contributed by atoms with Gasteiger partial charge in [-0.2, -0.15) is 4.31 Å². The van der Waals surface area contributed by atoms with E-state index >= 15 is 0 Å². The first-order valence-electron chi connectivity index (χ1n) is 11.0. The summed E-state index contributed by atoms with van der Waals surface area (Å²) < 4.78 is 28.4. The van der Waals surface area contributed by atoms with Crippen molar-refractivity contribution in [2.24, 2.45) is 5.92 Å². The zero-order chi connectivity index (χ0) is 23.3. The molecule has 1 fully saturated rings. The molecule has 0 radical (unpaired) electrons. The van der Waals surface area contributed by atoms with Gasteiger partial charge < -0.3 is 9.80 Å². The van der Waals surface area contributed by atoms with Crippen LogP contribution < -0.4 is 9.80 Å². The highest BCUT2D eigenvalue weighted by molar-refractivity contribution is 7.89. The molecule has 0 N–H and O–H groups in total. The Morgan fingerprint density at radius 2 is 1.72 bits per heavy atom. The van der Waals surface area contributed by atoms with E-state index in [0.717, 1.165) is 16.9 Å². The summed E-state index contributed by atoms with van der Waals surface area (Å²) in [7, 11) is -3.62. The van der Waals surface area contributed by atoms with Crippen molar-refractivity contribution >= 4 is 38.9 Å². The third-order valence-electron chi connectivity index (χ3n) is 6.35. The molecule has 4 rings (SSSR count). The first-order chi connectivity index (χ1) is 15.0. The first kappa shape index (κ1) is 23.1. The van der Waals surface area contributed by atoms with Crippen molar-refractivity contribution in [2.75, 3.05) is 42.5 Å². The van der Waals surface area contributed by atoms with Crippen molar-refractivity contribution in [1.82, 2.24) is 4.31 Å². The van der Waals surface area contributed by atoms with Crippen LogP contribution in [0.5, 0.6) is 0 Å². The Morgan fingerprint density at radius 3 is 2.34 bits per heavy atom. The molecule has 6 nitrogen and oxygen atoms in total. The van der Waals surface area contributed by atoms with E-state index in [4.69, 9.17) is 11.6 Å². The average Bonchev–Trinajstić information content (AvgIpc) is 3.03. The average molecular weight is 476 g/mol. The molecule has 0 unspecified atom stereocenters. The van der Waals surface area contributed by atoms with E-state index in [-0.39, 0.29) is 17.2 Å². The lowest BCUT2D eigenvalue weighted by Gasteiger charge is -2.35. The van der Waals surface area contributed by atoms with Crippen LogP contribution in [0.25, 0.3) is 0 Å². The van der Waals surface area contributed by atoms with Gasteiger partial charge in [0.25, 0.3) is 0 Å². The van der Waals surface area contributed by atoms with Crippen LogP contribution in [0.3, 0.4) is 0 Å². The molecule has 0 spiro atoms. The minimum absolute atomic E-state index is 0.0598. The molecule has 0 saturated carbocycles. The number of fused-ring (bicyclic) bond motifs is 1. The molecule has 0 aromatic heterocycles. The number of rotatable bonds is 4. The molecule has 0 atom stereocenters. The molecule has 2 heterocycles.